The number of hydrogen-bond donors (Lipinski definition) is 0. The second-order valence-electron chi connectivity index (χ2n) is 3.61. The van der Waals surface area contributed by atoms with Crippen LogP contribution in [0, 0.1) is 5.92 Å². The first-order chi connectivity index (χ1) is 6.18. The van der Waals surface area contributed by atoms with Crippen molar-refractivity contribution in [2.75, 3.05) is 25.9 Å². The highest BCUT2D eigenvalue weighted by atomic mass is 32.2. The van der Waals surface area contributed by atoms with Crippen molar-refractivity contribution in [1.29, 1.82) is 0 Å². The Morgan fingerprint density at radius 1 is 1.54 bits per heavy atom. The summed E-state index contributed by atoms with van der Waals surface area (Å²) in [5, 5.41) is 0. The zero-order chi connectivity index (χ0) is 9.68. The number of likely N-dealkylation sites (tertiary alicyclic amines) is 1. The van der Waals surface area contributed by atoms with Gasteiger partial charge in [0, 0.05) is 12.7 Å². The van der Waals surface area contributed by atoms with E-state index in [0.29, 0.717) is 0 Å². The van der Waals surface area contributed by atoms with Gasteiger partial charge in [-0.05, 0) is 38.9 Å². The molecular formula is C9H17NO2S. The predicted octanol–water partition coefficient (Wildman–Crippen LogP) is 1.54. The largest absolute Gasteiger partial charge is 0.392 e. The van der Waals surface area contributed by atoms with E-state index >= 15 is 0 Å². The normalized spacial score (nSPS) is 20.2. The van der Waals surface area contributed by atoms with Crippen LogP contribution in [-0.2, 0) is 8.98 Å². The molecule has 76 valence electrons. The van der Waals surface area contributed by atoms with Crippen LogP contribution in [0.4, 0.5) is 0 Å². The van der Waals surface area contributed by atoms with E-state index < -0.39 is 0 Å². The Balaban J connectivity index is 2.05. The maximum Gasteiger partial charge on any atom is 0.314 e. The van der Waals surface area contributed by atoms with Crippen molar-refractivity contribution in [3.8, 4) is 0 Å². The summed E-state index contributed by atoms with van der Waals surface area (Å²) in [6.45, 7) is 3.79. The van der Waals surface area contributed by atoms with E-state index in [1.165, 1.54) is 44.9 Å². The molecule has 0 radical (unpaired) electrons. The third-order valence-corrected chi connectivity index (χ3v) is 3.28. The molecule has 1 saturated heterocycles. The van der Waals surface area contributed by atoms with Crippen molar-refractivity contribution < 1.29 is 8.98 Å². The van der Waals surface area contributed by atoms with Crippen LogP contribution in [0.25, 0.3) is 0 Å². The lowest BCUT2D eigenvalue weighted by Gasteiger charge is -2.28. The van der Waals surface area contributed by atoms with Gasteiger partial charge in [-0.3, -0.25) is 4.79 Å². The van der Waals surface area contributed by atoms with E-state index in [1.807, 2.05) is 0 Å². The van der Waals surface area contributed by atoms with Gasteiger partial charge < -0.3 is 9.08 Å². The Kier molecular flexibility index (Phi) is 4.59. The zero-order valence-electron chi connectivity index (χ0n) is 8.28. The standard InChI is InChI=1S/C9H17NO2S/c1-8(11)12-13-7-9-3-5-10(2)6-4-9/h9H,3-7H2,1-2H3. The average Bonchev–Trinajstić information content (AvgIpc) is 2.08. The first kappa shape index (κ1) is 10.9. The molecule has 0 amide bonds. The number of carbonyl (C=O) groups is 1. The van der Waals surface area contributed by atoms with Crippen LogP contribution < -0.4 is 0 Å². The van der Waals surface area contributed by atoms with Gasteiger partial charge >= 0.3 is 5.97 Å². The first-order valence-electron chi connectivity index (χ1n) is 4.67. The molecule has 0 spiro atoms. The number of rotatable bonds is 3. The molecule has 0 aromatic carbocycles. The quantitative estimate of drug-likeness (QED) is 0.651. The number of nitrogens with zero attached hydrogens (tertiary/aromatic N) is 1. The van der Waals surface area contributed by atoms with Crippen LogP contribution in [0.3, 0.4) is 0 Å². The van der Waals surface area contributed by atoms with E-state index in [1.54, 1.807) is 0 Å². The third-order valence-electron chi connectivity index (χ3n) is 2.32. The third kappa shape index (κ3) is 4.52. The molecule has 0 saturated carbocycles. The van der Waals surface area contributed by atoms with Crippen LogP contribution in [0.15, 0.2) is 0 Å². The summed E-state index contributed by atoms with van der Waals surface area (Å²) in [4.78, 5) is 12.8. The first-order valence-corrected chi connectivity index (χ1v) is 5.58. The SMILES string of the molecule is CC(=O)OSCC1CCN(C)CC1. The fourth-order valence-electron chi connectivity index (χ4n) is 1.44. The molecule has 3 nitrogen and oxygen atoms in total. The molecule has 0 atom stereocenters. The molecule has 0 unspecified atom stereocenters. The van der Waals surface area contributed by atoms with Gasteiger partial charge in [-0.2, -0.15) is 0 Å². The van der Waals surface area contributed by atoms with E-state index in [9.17, 15) is 4.79 Å². The van der Waals surface area contributed by atoms with Crippen LogP contribution >= 0.6 is 12.0 Å². The summed E-state index contributed by atoms with van der Waals surface area (Å²) in [5.41, 5.74) is 0. The molecule has 0 aliphatic carbocycles. The minimum absolute atomic E-state index is 0.196. The van der Waals surface area contributed by atoms with Gasteiger partial charge in [0.05, 0.1) is 12.0 Å². The van der Waals surface area contributed by atoms with E-state index in [2.05, 4.69) is 11.9 Å². The Morgan fingerprint density at radius 2 is 2.15 bits per heavy atom. The molecule has 0 aromatic heterocycles. The average molecular weight is 203 g/mol. The van der Waals surface area contributed by atoms with Crippen LogP contribution in [0.1, 0.15) is 19.8 Å². The summed E-state index contributed by atoms with van der Waals surface area (Å²) in [6, 6.07) is 0. The molecule has 4 heteroatoms. The molecule has 1 heterocycles. The topological polar surface area (TPSA) is 29.5 Å². The summed E-state index contributed by atoms with van der Waals surface area (Å²) >= 11 is 1.30. The molecule has 0 N–H and O–H groups in total. The lowest BCUT2D eigenvalue weighted by molar-refractivity contribution is -0.130. The minimum atomic E-state index is -0.196. The fraction of sp³-hybridized carbons (Fsp3) is 0.889. The summed E-state index contributed by atoms with van der Waals surface area (Å²) in [7, 11) is 2.15. The molecular weight excluding hydrogens is 186 g/mol. The fourth-order valence-corrected chi connectivity index (χ4v) is 2.20. The molecule has 1 aliphatic rings. The molecule has 1 rings (SSSR count). The van der Waals surface area contributed by atoms with Crippen molar-refractivity contribution in [2.45, 2.75) is 19.8 Å². The van der Waals surface area contributed by atoms with Crippen molar-refractivity contribution in [2.24, 2.45) is 5.92 Å². The Morgan fingerprint density at radius 3 is 2.69 bits per heavy atom. The number of hydrogen-bond acceptors (Lipinski definition) is 4. The molecule has 0 aromatic rings. The lowest BCUT2D eigenvalue weighted by atomic mass is 10.00. The summed E-state index contributed by atoms with van der Waals surface area (Å²) < 4.78 is 4.84. The zero-order valence-corrected chi connectivity index (χ0v) is 9.10. The maximum atomic E-state index is 10.5. The van der Waals surface area contributed by atoms with Gasteiger partial charge in [-0.1, -0.05) is 0 Å². The van der Waals surface area contributed by atoms with Crippen molar-refractivity contribution in [1.82, 2.24) is 4.90 Å². The smallest absolute Gasteiger partial charge is 0.314 e. The van der Waals surface area contributed by atoms with E-state index in [0.717, 1.165) is 11.7 Å². The Labute approximate surface area is 84.0 Å². The van der Waals surface area contributed by atoms with Crippen molar-refractivity contribution >= 4 is 18.0 Å². The van der Waals surface area contributed by atoms with Crippen LogP contribution in [-0.4, -0.2) is 36.8 Å². The molecule has 13 heavy (non-hydrogen) atoms. The van der Waals surface area contributed by atoms with Gasteiger partial charge in [0.25, 0.3) is 0 Å². The van der Waals surface area contributed by atoms with E-state index in [4.69, 9.17) is 4.18 Å². The second-order valence-corrected chi connectivity index (χ2v) is 4.34. The lowest BCUT2D eigenvalue weighted by Crippen LogP contribution is -2.31. The Bertz CT molecular complexity index is 167. The summed E-state index contributed by atoms with van der Waals surface area (Å²) in [6.07, 6.45) is 2.45. The Hall–Kier alpha value is -0.220. The predicted molar refractivity (Wildman–Crippen MR) is 54.4 cm³/mol. The highest BCUT2D eigenvalue weighted by Crippen LogP contribution is 2.21. The summed E-state index contributed by atoms with van der Waals surface area (Å²) in [5.74, 6) is 1.48. The van der Waals surface area contributed by atoms with Crippen molar-refractivity contribution in [3.05, 3.63) is 0 Å². The van der Waals surface area contributed by atoms with Crippen LogP contribution in [0.2, 0.25) is 0 Å². The maximum absolute atomic E-state index is 10.5. The van der Waals surface area contributed by atoms with Gasteiger partial charge in [0.2, 0.25) is 0 Å². The monoisotopic (exact) mass is 203 g/mol. The molecule has 0 bridgehead atoms. The van der Waals surface area contributed by atoms with Crippen molar-refractivity contribution in [3.63, 3.8) is 0 Å². The van der Waals surface area contributed by atoms with Gasteiger partial charge in [0.1, 0.15) is 0 Å². The van der Waals surface area contributed by atoms with E-state index in [-0.39, 0.29) is 5.97 Å². The molecule has 1 fully saturated rings. The highest BCUT2D eigenvalue weighted by molar-refractivity contribution is 7.95. The molecule has 1 aliphatic heterocycles. The minimum Gasteiger partial charge on any atom is -0.392 e. The number of carbonyl (C=O) groups excluding carboxylic acids is 1. The van der Waals surface area contributed by atoms with Gasteiger partial charge in [-0.15, -0.1) is 0 Å². The number of piperidine rings is 1. The van der Waals surface area contributed by atoms with Gasteiger partial charge in [-0.25, -0.2) is 0 Å². The van der Waals surface area contributed by atoms with Gasteiger partial charge in [0.15, 0.2) is 0 Å². The second kappa shape index (κ2) is 5.50. The van der Waals surface area contributed by atoms with Crippen LogP contribution in [0.5, 0.6) is 0 Å². The highest BCUT2D eigenvalue weighted by Gasteiger charge is 2.16.